The number of carboxylic acid groups (broad SMARTS) is 1. The van der Waals surface area contributed by atoms with Crippen LogP contribution in [0.5, 0.6) is 0 Å². The lowest BCUT2D eigenvalue weighted by Crippen LogP contribution is -2.53. The number of amides is 1. The van der Waals surface area contributed by atoms with Gasteiger partial charge in [-0.1, -0.05) is 6.92 Å². The van der Waals surface area contributed by atoms with E-state index >= 15 is 0 Å². The quantitative estimate of drug-likeness (QED) is 0.871. The number of fused-ring (bicyclic) bond motifs is 1. The first-order valence-electron chi connectivity index (χ1n) is 7.41. The highest BCUT2D eigenvalue weighted by molar-refractivity contribution is 7.10. The first-order chi connectivity index (χ1) is 10.1. The van der Waals surface area contributed by atoms with Gasteiger partial charge in [0.05, 0.1) is 6.04 Å². The molecule has 21 heavy (non-hydrogen) atoms. The molecule has 3 rings (SSSR count). The highest BCUT2D eigenvalue weighted by atomic mass is 32.1. The fourth-order valence-electron chi connectivity index (χ4n) is 3.32. The van der Waals surface area contributed by atoms with Crippen molar-refractivity contribution in [1.82, 2.24) is 10.2 Å². The van der Waals surface area contributed by atoms with Gasteiger partial charge in [-0.05, 0) is 48.7 Å². The van der Waals surface area contributed by atoms with Crippen LogP contribution in [0.2, 0.25) is 0 Å². The molecule has 0 radical (unpaired) electrons. The lowest BCUT2D eigenvalue weighted by atomic mass is 9.92. The van der Waals surface area contributed by atoms with Crippen molar-refractivity contribution in [1.29, 1.82) is 0 Å². The number of carbonyl (C=O) groups is 2. The zero-order valence-corrected chi connectivity index (χ0v) is 12.9. The molecule has 0 aromatic carbocycles. The predicted molar refractivity (Wildman–Crippen MR) is 80.3 cm³/mol. The minimum Gasteiger partial charge on any atom is -0.479 e. The second kappa shape index (κ2) is 5.77. The number of hydrogen-bond acceptors (Lipinski definition) is 4. The van der Waals surface area contributed by atoms with E-state index in [2.05, 4.69) is 12.2 Å². The van der Waals surface area contributed by atoms with Crippen LogP contribution < -0.4 is 5.32 Å². The van der Waals surface area contributed by atoms with E-state index < -0.39 is 12.0 Å². The summed E-state index contributed by atoms with van der Waals surface area (Å²) < 4.78 is 0. The molecule has 2 aliphatic heterocycles. The summed E-state index contributed by atoms with van der Waals surface area (Å²) in [5.74, 6) is -0.498. The number of carbonyl (C=O) groups excluding carboxylic acids is 1. The Kier molecular flexibility index (Phi) is 3.99. The molecule has 3 heterocycles. The Labute approximate surface area is 128 Å². The summed E-state index contributed by atoms with van der Waals surface area (Å²) in [5.41, 5.74) is 0.788. The summed E-state index contributed by atoms with van der Waals surface area (Å²) in [6.07, 6.45) is 2.61. The minimum atomic E-state index is -0.938. The van der Waals surface area contributed by atoms with Gasteiger partial charge in [0, 0.05) is 11.4 Å². The van der Waals surface area contributed by atoms with E-state index in [9.17, 15) is 14.7 Å². The Bertz CT molecular complexity index is 557. The molecule has 5 nitrogen and oxygen atoms in total. The molecule has 6 heteroatoms. The van der Waals surface area contributed by atoms with Crippen LogP contribution in [0, 0.1) is 5.92 Å². The number of thiophene rings is 1. The van der Waals surface area contributed by atoms with Crippen LogP contribution in [0.15, 0.2) is 11.4 Å². The monoisotopic (exact) mass is 308 g/mol. The number of piperidine rings is 1. The largest absolute Gasteiger partial charge is 0.479 e. The summed E-state index contributed by atoms with van der Waals surface area (Å²) in [4.78, 5) is 27.1. The molecule has 1 saturated heterocycles. The van der Waals surface area contributed by atoms with E-state index in [-0.39, 0.29) is 11.9 Å². The van der Waals surface area contributed by atoms with E-state index in [1.165, 1.54) is 0 Å². The highest BCUT2D eigenvalue weighted by Crippen LogP contribution is 2.34. The maximum absolute atomic E-state index is 12.7. The molecule has 114 valence electrons. The van der Waals surface area contributed by atoms with Gasteiger partial charge >= 0.3 is 5.97 Å². The SMILES string of the molecule is CC1CCNC(C(=O)N2CCc3sccc3C2C(=O)O)C1. The first kappa shape index (κ1) is 14.5. The van der Waals surface area contributed by atoms with Crippen LogP contribution >= 0.6 is 11.3 Å². The van der Waals surface area contributed by atoms with Crippen LogP contribution in [0.25, 0.3) is 0 Å². The van der Waals surface area contributed by atoms with E-state index in [4.69, 9.17) is 0 Å². The minimum absolute atomic E-state index is 0.0641. The van der Waals surface area contributed by atoms with Crippen LogP contribution in [0.3, 0.4) is 0 Å². The number of aliphatic carboxylic acids is 1. The maximum Gasteiger partial charge on any atom is 0.331 e. The zero-order valence-electron chi connectivity index (χ0n) is 12.0. The number of nitrogens with one attached hydrogen (secondary N) is 1. The van der Waals surface area contributed by atoms with Crippen LogP contribution in [0.1, 0.15) is 36.2 Å². The van der Waals surface area contributed by atoms with Crippen molar-refractivity contribution < 1.29 is 14.7 Å². The molecule has 0 saturated carbocycles. The number of hydrogen-bond donors (Lipinski definition) is 2. The highest BCUT2D eigenvalue weighted by Gasteiger charge is 2.39. The summed E-state index contributed by atoms with van der Waals surface area (Å²) in [5, 5.41) is 14.7. The third kappa shape index (κ3) is 2.70. The molecule has 2 N–H and O–H groups in total. The maximum atomic E-state index is 12.7. The number of rotatable bonds is 2. The van der Waals surface area contributed by atoms with Gasteiger partial charge < -0.3 is 15.3 Å². The molecule has 2 aliphatic rings. The van der Waals surface area contributed by atoms with Crippen molar-refractivity contribution in [3.05, 3.63) is 21.9 Å². The van der Waals surface area contributed by atoms with Gasteiger partial charge in [-0.25, -0.2) is 4.79 Å². The molecule has 3 atom stereocenters. The van der Waals surface area contributed by atoms with E-state index in [0.717, 1.165) is 36.2 Å². The standard InChI is InChI=1S/C15H20N2O3S/c1-9-2-5-16-11(8-9)14(18)17-6-3-12-10(4-7-21-12)13(17)15(19)20/h4,7,9,11,13,16H,2-3,5-6,8H2,1H3,(H,19,20). The summed E-state index contributed by atoms with van der Waals surface area (Å²) in [6, 6.07) is 0.775. The Hall–Kier alpha value is -1.40. The summed E-state index contributed by atoms with van der Waals surface area (Å²) >= 11 is 1.58. The first-order valence-corrected chi connectivity index (χ1v) is 8.29. The zero-order chi connectivity index (χ0) is 15.0. The third-order valence-corrected chi connectivity index (χ3v) is 5.44. The number of carboxylic acids is 1. The van der Waals surface area contributed by atoms with Crippen molar-refractivity contribution in [2.75, 3.05) is 13.1 Å². The lowest BCUT2D eigenvalue weighted by Gasteiger charge is -2.37. The Morgan fingerprint density at radius 3 is 3.00 bits per heavy atom. The van der Waals surface area contributed by atoms with Crippen molar-refractivity contribution >= 4 is 23.2 Å². The van der Waals surface area contributed by atoms with Gasteiger partial charge in [0.15, 0.2) is 6.04 Å². The smallest absolute Gasteiger partial charge is 0.331 e. The normalized spacial score (nSPS) is 29.0. The number of nitrogens with zero attached hydrogens (tertiary/aromatic N) is 1. The molecule has 3 unspecified atom stereocenters. The molecular weight excluding hydrogens is 288 g/mol. The van der Waals surface area contributed by atoms with Gasteiger partial charge in [-0.3, -0.25) is 4.79 Å². The Balaban J connectivity index is 1.84. The molecule has 1 aromatic heterocycles. The van der Waals surface area contributed by atoms with Gasteiger partial charge in [0.25, 0.3) is 0 Å². The molecule has 1 amide bonds. The van der Waals surface area contributed by atoms with Crippen molar-refractivity contribution in [3.63, 3.8) is 0 Å². The molecule has 0 spiro atoms. The van der Waals surface area contributed by atoms with E-state index in [0.29, 0.717) is 12.5 Å². The van der Waals surface area contributed by atoms with Crippen molar-refractivity contribution in [2.24, 2.45) is 5.92 Å². The fraction of sp³-hybridized carbons (Fsp3) is 0.600. The predicted octanol–water partition coefficient (Wildman–Crippen LogP) is 1.65. The topological polar surface area (TPSA) is 69.6 Å². The van der Waals surface area contributed by atoms with E-state index in [1.54, 1.807) is 16.2 Å². The molecule has 0 bridgehead atoms. The molecule has 1 aromatic rings. The van der Waals surface area contributed by atoms with Gasteiger partial charge in [-0.15, -0.1) is 11.3 Å². The average molecular weight is 308 g/mol. The van der Waals surface area contributed by atoms with Crippen molar-refractivity contribution in [2.45, 2.75) is 38.3 Å². The van der Waals surface area contributed by atoms with Crippen LogP contribution in [-0.2, 0) is 16.0 Å². The van der Waals surface area contributed by atoms with Gasteiger partial charge in [-0.2, -0.15) is 0 Å². The average Bonchev–Trinajstić information content (AvgIpc) is 2.93. The fourth-order valence-corrected chi connectivity index (χ4v) is 4.22. The van der Waals surface area contributed by atoms with Crippen LogP contribution in [-0.4, -0.2) is 41.0 Å². The summed E-state index contributed by atoms with van der Waals surface area (Å²) in [7, 11) is 0. The van der Waals surface area contributed by atoms with Gasteiger partial charge in [0.2, 0.25) is 5.91 Å². The van der Waals surface area contributed by atoms with Crippen LogP contribution in [0.4, 0.5) is 0 Å². The Morgan fingerprint density at radius 1 is 1.48 bits per heavy atom. The second-order valence-electron chi connectivity index (χ2n) is 5.96. The second-order valence-corrected chi connectivity index (χ2v) is 6.96. The Morgan fingerprint density at radius 2 is 2.29 bits per heavy atom. The molecular formula is C15H20N2O3S. The van der Waals surface area contributed by atoms with Crippen molar-refractivity contribution in [3.8, 4) is 0 Å². The van der Waals surface area contributed by atoms with E-state index in [1.807, 2.05) is 11.4 Å². The lowest BCUT2D eigenvalue weighted by molar-refractivity contribution is -0.152. The van der Waals surface area contributed by atoms with Gasteiger partial charge in [0.1, 0.15) is 0 Å². The summed E-state index contributed by atoms with van der Waals surface area (Å²) in [6.45, 7) is 3.46. The molecule has 0 aliphatic carbocycles. The third-order valence-electron chi connectivity index (χ3n) is 4.45. The molecule has 1 fully saturated rings.